The van der Waals surface area contributed by atoms with Crippen LogP contribution in [0.3, 0.4) is 0 Å². The molecule has 1 aliphatic rings. The fourth-order valence-corrected chi connectivity index (χ4v) is 4.52. The molecule has 0 spiro atoms. The average Bonchev–Trinajstić information content (AvgIpc) is 3.11. The minimum absolute atomic E-state index is 0. The molecule has 0 aromatic heterocycles. The Morgan fingerprint density at radius 2 is 1.79 bits per heavy atom. The zero-order valence-corrected chi connectivity index (χ0v) is 20.4. The molecule has 0 amide bonds. The van der Waals surface area contributed by atoms with E-state index in [1.807, 2.05) is 19.9 Å². The van der Waals surface area contributed by atoms with Gasteiger partial charge in [0.1, 0.15) is 0 Å². The van der Waals surface area contributed by atoms with Gasteiger partial charge in [-0.05, 0) is 45.3 Å². The van der Waals surface area contributed by atoms with E-state index in [9.17, 15) is 8.42 Å². The molecule has 28 heavy (non-hydrogen) atoms. The van der Waals surface area contributed by atoms with Gasteiger partial charge in [-0.15, -0.1) is 24.0 Å². The minimum Gasteiger partial charge on any atom is -0.355 e. The van der Waals surface area contributed by atoms with Gasteiger partial charge in [-0.25, -0.2) is 13.1 Å². The van der Waals surface area contributed by atoms with E-state index >= 15 is 0 Å². The summed E-state index contributed by atoms with van der Waals surface area (Å²) in [6.45, 7) is 7.07. The van der Waals surface area contributed by atoms with Gasteiger partial charge in [0.05, 0.1) is 12.3 Å². The number of likely N-dealkylation sites (tertiary alicyclic amines) is 1. The topological polar surface area (TPSA) is 85.8 Å². The van der Waals surface area contributed by atoms with E-state index < -0.39 is 15.6 Å². The molecule has 160 valence electrons. The number of rotatable bonds is 8. The summed E-state index contributed by atoms with van der Waals surface area (Å²) < 4.78 is 25.6. The van der Waals surface area contributed by atoms with E-state index in [1.165, 1.54) is 24.7 Å². The number of nitrogens with zero attached hydrogens (tertiary/aromatic N) is 2. The maximum Gasteiger partial charge on any atom is 0.209 e. The van der Waals surface area contributed by atoms with Crippen molar-refractivity contribution in [3.8, 4) is 0 Å². The molecule has 3 N–H and O–H groups in total. The van der Waals surface area contributed by atoms with Gasteiger partial charge >= 0.3 is 0 Å². The van der Waals surface area contributed by atoms with E-state index in [0.717, 1.165) is 19.6 Å². The number of halogens is 1. The van der Waals surface area contributed by atoms with Crippen LogP contribution in [0.15, 0.2) is 35.3 Å². The molecule has 1 aromatic rings. The Hall–Kier alpha value is -0.910. The summed E-state index contributed by atoms with van der Waals surface area (Å²) in [5.41, 5.74) is 0.681. The van der Waals surface area contributed by atoms with Crippen LogP contribution in [0.25, 0.3) is 0 Å². The van der Waals surface area contributed by atoms with Gasteiger partial charge in [0.2, 0.25) is 10.0 Å². The van der Waals surface area contributed by atoms with Crippen molar-refractivity contribution in [1.29, 1.82) is 0 Å². The van der Waals surface area contributed by atoms with Crippen LogP contribution in [0, 0.1) is 0 Å². The fraction of sp³-hybridized carbons (Fsp3) is 0.632. The van der Waals surface area contributed by atoms with Gasteiger partial charge in [-0.3, -0.25) is 9.89 Å². The van der Waals surface area contributed by atoms with Gasteiger partial charge in [0, 0.05) is 25.7 Å². The molecule has 0 bridgehead atoms. The Morgan fingerprint density at radius 1 is 1.18 bits per heavy atom. The first-order chi connectivity index (χ1) is 12.7. The van der Waals surface area contributed by atoms with E-state index in [2.05, 4.69) is 49.5 Å². The van der Waals surface area contributed by atoms with Crippen LogP contribution < -0.4 is 15.4 Å². The van der Waals surface area contributed by atoms with Gasteiger partial charge in [-0.1, -0.05) is 30.3 Å². The van der Waals surface area contributed by atoms with Crippen molar-refractivity contribution < 1.29 is 8.42 Å². The SMILES string of the molecule is CN=C(NCC(c1ccccc1)N1CCCC1)NCC(C)(C)NS(C)(=O)=O.I. The fourth-order valence-electron chi connectivity index (χ4n) is 3.44. The number of benzene rings is 1. The minimum atomic E-state index is -3.27. The molecular formula is C19H34IN5O2S. The summed E-state index contributed by atoms with van der Waals surface area (Å²) in [5.74, 6) is 0.665. The maximum absolute atomic E-state index is 11.5. The summed E-state index contributed by atoms with van der Waals surface area (Å²) in [6.07, 6.45) is 3.64. The third-order valence-electron chi connectivity index (χ3n) is 4.61. The maximum atomic E-state index is 11.5. The van der Waals surface area contributed by atoms with Gasteiger partial charge in [-0.2, -0.15) is 0 Å². The first-order valence-electron chi connectivity index (χ1n) is 9.43. The van der Waals surface area contributed by atoms with Crippen LogP contribution in [0.2, 0.25) is 0 Å². The van der Waals surface area contributed by atoms with E-state index in [1.54, 1.807) is 7.05 Å². The van der Waals surface area contributed by atoms with E-state index in [-0.39, 0.29) is 30.0 Å². The van der Waals surface area contributed by atoms with Crippen molar-refractivity contribution in [1.82, 2.24) is 20.3 Å². The van der Waals surface area contributed by atoms with E-state index in [4.69, 9.17) is 0 Å². The summed E-state index contributed by atoms with van der Waals surface area (Å²) >= 11 is 0. The first kappa shape index (κ1) is 25.1. The molecule has 1 unspecified atom stereocenters. The van der Waals surface area contributed by atoms with Crippen LogP contribution in [0.1, 0.15) is 38.3 Å². The molecule has 0 aliphatic carbocycles. The van der Waals surface area contributed by atoms with Crippen molar-refractivity contribution in [2.75, 3.05) is 39.5 Å². The second-order valence-electron chi connectivity index (χ2n) is 7.73. The molecular weight excluding hydrogens is 489 g/mol. The largest absolute Gasteiger partial charge is 0.355 e. The highest BCUT2D eigenvalue weighted by molar-refractivity contribution is 14.0. The molecule has 1 fully saturated rings. The van der Waals surface area contributed by atoms with Crippen LogP contribution >= 0.6 is 24.0 Å². The number of aliphatic imine (C=N–C) groups is 1. The predicted octanol–water partition coefficient (Wildman–Crippen LogP) is 1.93. The number of nitrogens with one attached hydrogen (secondary N) is 3. The monoisotopic (exact) mass is 523 g/mol. The van der Waals surface area contributed by atoms with Crippen molar-refractivity contribution in [3.63, 3.8) is 0 Å². The Balaban J connectivity index is 0.00000392. The smallest absolute Gasteiger partial charge is 0.209 e. The Morgan fingerprint density at radius 3 is 2.32 bits per heavy atom. The zero-order valence-electron chi connectivity index (χ0n) is 17.2. The highest BCUT2D eigenvalue weighted by Crippen LogP contribution is 2.24. The molecule has 1 atom stereocenters. The lowest BCUT2D eigenvalue weighted by atomic mass is 10.1. The molecule has 1 heterocycles. The number of hydrogen-bond donors (Lipinski definition) is 3. The van der Waals surface area contributed by atoms with E-state index in [0.29, 0.717) is 12.5 Å². The second-order valence-corrected chi connectivity index (χ2v) is 9.48. The Kier molecular flexibility index (Phi) is 10.2. The summed E-state index contributed by atoms with van der Waals surface area (Å²) in [6, 6.07) is 10.8. The predicted molar refractivity (Wildman–Crippen MR) is 127 cm³/mol. The summed E-state index contributed by atoms with van der Waals surface area (Å²) in [4.78, 5) is 6.78. The van der Waals surface area contributed by atoms with Crippen molar-refractivity contribution in [2.45, 2.75) is 38.3 Å². The van der Waals surface area contributed by atoms with Gasteiger partial charge in [0.25, 0.3) is 0 Å². The molecule has 1 aromatic carbocycles. The Labute approximate surface area is 186 Å². The third-order valence-corrected chi connectivity index (χ3v) is 5.54. The molecule has 7 nitrogen and oxygen atoms in total. The lowest BCUT2D eigenvalue weighted by Crippen LogP contribution is -2.53. The van der Waals surface area contributed by atoms with Crippen LogP contribution in [-0.2, 0) is 10.0 Å². The van der Waals surface area contributed by atoms with Gasteiger partial charge < -0.3 is 10.6 Å². The highest BCUT2D eigenvalue weighted by Gasteiger charge is 2.25. The summed E-state index contributed by atoms with van der Waals surface area (Å²) in [5, 5.41) is 6.62. The van der Waals surface area contributed by atoms with Crippen molar-refractivity contribution in [3.05, 3.63) is 35.9 Å². The molecule has 0 saturated carbocycles. The van der Waals surface area contributed by atoms with Crippen molar-refractivity contribution in [2.24, 2.45) is 4.99 Å². The number of hydrogen-bond acceptors (Lipinski definition) is 4. The first-order valence-corrected chi connectivity index (χ1v) is 11.3. The Bertz CT molecular complexity index is 719. The zero-order chi connectivity index (χ0) is 19.9. The van der Waals surface area contributed by atoms with Crippen LogP contribution in [-0.4, -0.2) is 64.3 Å². The van der Waals surface area contributed by atoms with Crippen LogP contribution in [0.4, 0.5) is 0 Å². The summed E-state index contributed by atoms with van der Waals surface area (Å²) in [7, 11) is -1.54. The normalized spacial score (nSPS) is 17.1. The second kappa shape index (κ2) is 11.3. The molecule has 0 radical (unpaired) electrons. The lowest BCUT2D eigenvalue weighted by molar-refractivity contribution is 0.245. The van der Waals surface area contributed by atoms with Crippen molar-refractivity contribution >= 4 is 40.0 Å². The van der Waals surface area contributed by atoms with Crippen LogP contribution in [0.5, 0.6) is 0 Å². The molecule has 9 heteroatoms. The lowest BCUT2D eigenvalue weighted by Gasteiger charge is -2.30. The number of guanidine groups is 1. The molecule has 1 aliphatic heterocycles. The number of sulfonamides is 1. The molecule has 2 rings (SSSR count). The average molecular weight is 523 g/mol. The quantitative estimate of drug-likeness (QED) is 0.276. The standard InChI is InChI=1S/C19H33N5O2S.HI/c1-19(2,23-27(4,25)26)15-22-18(20-3)21-14-17(24-12-8-9-13-24)16-10-6-5-7-11-16;/h5-7,10-11,17,23H,8-9,12-15H2,1-4H3,(H2,20,21,22);1H. The third kappa shape index (κ3) is 8.62. The highest BCUT2D eigenvalue weighted by atomic mass is 127. The van der Waals surface area contributed by atoms with Gasteiger partial charge in [0.15, 0.2) is 5.96 Å². The molecule has 1 saturated heterocycles.